The first-order valence-electron chi connectivity index (χ1n) is 10.2. The standard InChI is InChI=1S/C24H25N3O4/c1-16-6-9-20-18(13-16)5-4-12-26(20)24(29)15-27-23(28)11-8-19(25-27)17-7-10-21(30-2)22(14-17)31-3/h6-11,13-14H,4-5,12,15H2,1-3H3. The number of ether oxygens (including phenoxy) is 2. The van der Waals surface area contributed by atoms with E-state index in [4.69, 9.17) is 9.47 Å². The normalized spacial score (nSPS) is 12.9. The number of hydrogen-bond acceptors (Lipinski definition) is 5. The molecule has 2 heterocycles. The summed E-state index contributed by atoms with van der Waals surface area (Å²) in [6, 6.07) is 14.6. The Labute approximate surface area is 180 Å². The van der Waals surface area contributed by atoms with Crippen LogP contribution in [0, 0.1) is 6.92 Å². The average Bonchev–Trinajstić information content (AvgIpc) is 2.79. The molecule has 0 saturated heterocycles. The van der Waals surface area contributed by atoms with Crippen molar-refractivity contribution in [1.82, 2.24) is 9.78 Å². The van der Waals surface area contributed by atoms with Crippen LogP contribution in [0.2, 0.25) is 0 Å². The molecule has 1 aliphatic heterocycles. The Bertz CT molecular complexity index is 1190. The van der Waals surface area contributed by atoms with Crippen molar-refractivity contribution in [2.24, 2.45) is 0 Å². The van der Waals surface area contributed by atoms with Gasteiger partial charge in [-0.25, -0.2) is 4.68 Å². The van der Waals surface area contributed by atoms with Crippen LogP contribution < -0.4 is 19.9 Å². The molecule has 2 aromatic carbocycles. The van der Waals surface area contributed by atoms with Crippen molar-refractivity contribution in [2.45, 2.75) is 26.3 Å². The van der Waals surface area contributed by atoms with Crippen molar-refractivity contribution in [2.75, 3.05) is 25.7 Å². The van der Waals surface area contributed by atoms with Gasteiger partial charge in [0.2, 0.25) is 5.91 Å². The summed E-state index contributed by atoms with van der Waals surface area (Å²) in [7, 11) is 3.13. The number of nitrogens with zero attached hydrogens (tertiary/aromatic N) is 3. The molecule has 1 aromatic heterocycles. The molecule has 1 aliphatic rings. The van der Waals surface area contributed by atoms with Crippen molar-refractivity contribution in [3.63, 3.8) is 0 Å². The number of carbonyl (C=O) groups is 1. The highest BCUT2D eigenvalue weighted by Crippen LogP contribution is 2.31. The average molecular weight is 419 g/mol. The molecule has 0 bridgehead atoms. The highest BCUT2D eigenvalue weighted by molar-refractivity contribution is 5.94. The Balaban J connectivity index is 1.62. The van der Waals surface area contributed by atoms with Gasteiger partial charge in [-0.05, 0) is 55.7 Å². The van der Waals surface area contributed by atoms with Gasteiger partial charge < -0.3 is 14.4 Å². The van der Waals surface area contributed by atoms with Crippen LogP contribution in [-0.4, -0.2) is 36.5 Å². The zero-order valence-electron chi connectivity index (χ0n) is 17.9. The third-order valence-electron chi connectivity index (χ3n) is 5.49. The lowest BCUT2D eigenvalue weighted by Gasteiger charge is -2.30. The predicted molar refractivity (Wildman–Crippen MR) is 119 cm³/mol. The monoisotopic (exact) mass is 419 g/mol. The van der Waals surface area contributed by atoms with Gasteiger partial charge in [0.05, 0.1) is 19.9 Å². The molecular weight excluding hydrogens is 394 g/mol. The molecule has 1 amide bonds. The number of amides is 1. The van der Waals surface area contributed by atoms with Gasteiger partial charge in [0.15, 0.2) is 11.5 Å². The fourth-order valence-corrected chi connectivity index (χ4v) is 3.91. The Kier molecular flexibility index (Phi) is 5.75. The first-order chi connectivity index (χ1) is 15.0. The molecule has 0 spiro atoms. The number of fused-ring (bicyclic) bond motifs is 1. The molecule has 0 radical (unpaired) electrons. The fourth-order valence-electron chi connectivity index (χ4n) is 3.91. The van der Waals surface area contributed by atoms with Crippen LogP contribution in [0.15, 0.2) is 53.3 Å². The lowest BCUT2D eigenvalue weighted by Crippen LogP contribution is -2.40. The highest BCUT2D eigenvalue weighted by Gasteiger charge is 2.23. The molecule has 7 nitrogen and oxygen atoms in total. The second-order valence-corrected chi connectivity index (χ2v) is 7.57. The maximum Gasteiger partial charge on any atom is 0.267 e. The number of aromatic nitrogens is 2. The molecule has 3 aromatic rings. The molecule has 0 unspecified atom stereocenters. The van der Waals surface area contributed by atoms with Gasteiger partial charge in [-0.15, -0.1) is 0 Å². The second kappa shape index (κ2) is 8.63. The van der Waals surface area contributed by atoms with Crippen LogP contribution in [0.1, 0.15) is 17.5 Å². The molecule has 31 heavy (non-hydrogen) atoms. The van der Waals surface area contributed by atoms with Gasteiger partial charge in [0.25, 0.3) is 5.56 Å². The maximum atomic E-state index is 13.1. The van der Waals surface area contributed by atoms with E-state index in [0.29, 0.717) is 23.7 Å². The zero-order valence-corrected chi connectivity index (χ0v) is 17.9. The first kappa shape index (κ1) is 20.7. The van der Waals surface area contributed by atoms with Gasteiger partial charge >= 0.3 is 0 Å². The van der Waals surface area contributed by atoms with Gasteiger partial charge in [-0.2, -0.15) is 5.10 Å². The Morgan fingerprint density at radius 2 is 1.84 bits per heavy atom. The van der Waals surface area contributed by atoms with Crippen molar-refractivity contribution in [3.8, 4) is 22.8 Å². The third kappa shape index (κ3) is 4.17. The Morgan fingerprint density at radius 1 is 1.03 bits per heavy atom. The second-order valence-electron chi connectivity index (χ2n) is 7.57. The van der Waals surface area contributed by atoms with Gasteiger partial charge in [-0.1, -0.05) is 17.7 Å². The summed E-state index contributed by atoms with van der Waals surface area (Å²) >= 11 is 0. The lowest BCUT2D eigenvalue weighted by atomic mass is 9.99. The summed E-state index contributed by atoms with van der Waals surface area (Å²) < 4.78 is 11.8. The summed E-state index contributed by atoms with van der Waals surface area (Å²) in [4.78, 5) is 27.3. The molecule has 160 valence electrons. The predicted octanol–water partition coefficient (Wildman–Crippen LogP) is 3.22. The quantitative estimate of drug-likeness (QED) is 0.635. The maximum absolute atomic E-state index is 13.1. The molecule has 0 atom stereocenters. The number of methoxy groups -OCH3 is 2. The highest BCUT2D eigenvalue weighted by atomic mass is 16.5. The Hall–Kier alpha value is -3.61. The molecule has 0 fully saturated rings. The summed E-state index contributed by atoms with van der Waals surface area (Å²) in [5.41, 5.74) is 4.28. The van der Waals surface area contributed by atoms with Crippen molar-refractivity contribution in [1.29, 1.82) is 0 Å². The van der Waals surface area contributed by atoms with E-state index in [2.05, 4.69) is 11.2 Å². The number of aryl methyl sites for hydroxylation is 2. The van der Waals surface area contributed by atoms with E-state index in [-0.39, 0.29) is 18.0 Å². The van der Waals surface area contributed by atoms with Crippen LogP contribution in [0.5, 0.6) is 11.5 Å². The SMILES string of the molecule is COc1ccc(-c2ccc(=O)n(CC(=O)N3CCCc4cc(C)ccc43)n2)cc1OC. The molecule has 7 heteroatoms. The van der Waals surface area contributed by atoms with Crippen LogP contribution >= 0.6 is 0 Å². The van der Waals surface area contributed by atoms with Crippen molar-refractivity contribution < 1.29 is 14.3 Å². The van der Waals surface area contributed by atoms with E-state index in [1.165, 1.54) is 21.9 Å². The topological polar surface area (TPSA) is 73.7 Å². The number of rotatable bonds is 5. The summed E-state index contributed by atoms with van der Waals surface area (Å²) in [5, 5.41) is 4.44. The van der Waals surface area contributed by atoms with Gasteiger partial charge in [0, 0.05) is 23.9 Å². The van der Waals surface area contributed by atoms with E-state index in [0.717, 1.165) is 24.1 Å². The number of hydrogen-bond donors (Lipinski definition) is 0. The largest absolute Gasteiger partial charge is 0.493 e. The van der Waals surface area contributed by atoms with Crippen LogP contribution in [-0.2, 0) is 17.8 Å². The molecular formula is C24H25N3O4. The third-order valence-corrected chi connectivity index (χ3v) is 5.49. The number of benzene rings is 2. The van der Waals surface area contributed by atoms with E-state index >= 15 is 0 Å². The van der Waals surface area contributed by atoms with E-state index < -0.39 is 0 Å². The van der Waals surface area contributed by atoms with Gasteiger partial charge in [-0.3, -0.25) is 9.59 Å². The molecule has 0 aliphatic carbocycles. The lowest BCUT2D eigenvalue weighted by molar-refractivity contribution is -0.119. The summed E-state index contributed by atoms with van der Waals surface area (Å²) in [6.45, 7) is 2.57. The smallest absolute Gasteiger partial charge is 0.267 e. The minimum Gasteiger partial charge on any atom is -0.493 e. The minimum atomic E-state index is -0.321. The molecule has 0 N–H and O–H groups in total. The van der Waals surface area contributed by atoms with E-state index in [9.17, 15) is 9.59 Å². The number of anilines is 1. The minimum absolute atomic E-state index is 0.118. The first-order valence-corrected chi connectivity index (χ1v) is 10.2. The van der Waals surface area contributed by atoms with Gasteiger partial charge in [0.1, 0.15) is 6.54 Å². The molecule has 0 saturated carbocycles. The molecule has 4 rings (SSSR count). The van der Waals surface area contributed by atoms with Crippen molar-refractivity contribution >= 4 is 11.6 Å². The van der Waals surface area contributed by atoms with E-state index in [1.807, 2.05) is 25.1 Å². The van der Waals surface area contributed by atoms with E-state index in [1.54, 1.807) is 37.3 Å². The fraction of sp³-hybridized carbons (Fsp3) is 0.292. The van der Waals surface area contributed by atoms with Crippen LogP contribution in [0.4, 0.5) is 5.69 Å². The van der Waals surface area contributed by atoms with Crippen LogP contribution in [0.25, 0.3) is 11.3 Å². The zero-order chi connectivity index (χ0) is 22.0. The Morgan fingerprint density at radius 3 is 2.61 bits per heavy atom. The summed E-state index contributed by atoms with van der Waals surface area (Å²) in [6.07, 6.45) is 1.85. The van der Waals surface area contributed by atoms with Crippen molar-refractivity contribution in [3.05, 3.63) is 70.0 Å². The number of carbonyl (C=O) groups excluding carboxylic acids is 1. The summed E-state index contributed by atoms with van der Waals surface area (Å²) in [5.74, 6) is 1.02. The van der Waals surface area contributed by atoms with Crippen LogP contribution in [0.3, 0.4) is 0 Å².